The van der Waals surface area contributed by atoms with Crippen LogP contribution >= 0.6 is 22.6 Å². The van der Waals surface area contributed by atoms with Crippen molar-refractivity contribution in [3.63, 3.8) is 0 Å². The number of rotatable bonds is 4. The van der Waals surface area contributed by atoms with Crippen molar-refractivity contribution in [1.29, 1.82) is 0 Å². The highest BCUT2D eigenvalue weighted by molar-refractivity contribution is 14.1. The summed E-state index contributed by atoms with van der Waals surface area (Å²) in [5.74, 6) is 0. The summed E-state index contributed by atoms with van der Waals surface area (Å²) in [6.07, 6.45) is 0.531. The molecule has 1 aromatic rings. The van der Waals surface area contributed by atoms with Gasteiger partial charge in [-0.15, -0.1) is 0 Å². The van der Waals surface area contributed by atoms with Crippen molar-refractivity contribution in [2.24, 2.45) is 0 Å². The van der Waals surface area contributed by atoms with Crippen molar-refractivity contribution in [3.8, 4) is 0 Å². The lowest BCUT2D eigenvalue weighted by atomic mass is 10.2. The quantitative estimate of drug-likeness (QED) is 0.839. The fourth-order valence-electron chi connectivity index (χ4n) is 1.16. The zero-order chi connectivity index (χ0) is 10.6. The van der Waals surface area contributed by atoms with E-state index in [-0.39, 0.29) is 6.10 Å². The van der Waals surface area contributed by atoms with Gasteiger partial charge in [-0.2, -0.15) is 0 Å². The van der Waals surface area contributed by atoms with Crippen LogP contribution in [-0.2, 0) is 0 Å². The molecule has 3 heteroatoms. The van der Waals surface area contributed by atoms with E-state index < -0.39 is 0 Å². The monoisotopic (exact) mass is 305 g/mol. The summed E-state index contributed by atoms with van der Waals surface area (Å²) in [4.78, 5) is 0. The Morgan fingerprint density at radius 3 is 2.86 bits per heavy atom. The van der Waals surface area contributed by atoms with Gasteiger partial charge in [0.05, 0.1) is 6.10 Å². The minimum Gasteiger partial charge on any atom is -0.391 e. The summed E-state index contributed by atoms with van der Waals surface area (Å²) in [6.45, 7) is 4.67. The van der Waals surface area contributed by atoms with E-state index in [9.17, 15) is 5.11 Å². The zero-order valence-corrected chi connectivity index (χ0v) is 10.7. The smallest absolute Gasteiger partial charge is 0.0709 e. The van der Waals surface area contributed by atoms with Gasteiger partial charge >= 0.3 is 0 Å². The summed E-state index contributed by atoms with van der Waals surface area (Å²) in [5.41, 5.74) is 2.33. The Bertz CT molecular complexity index is 301. The first-order chi connectivity index (χ1) is 6.63. The predicted molar refractivity (Wildman–Crippen MR) is 68.7 cm³/mol. The van der Waals surface area contributed by atoms with Crippen molar-refractivity contribution >= 4 is 28.3 Å². The predicted octanol–water partition coefficient (Wildman–Crippen LogP) is 2.78. The van der Waals surface area contributed by atoms with Crippen molar-refractivity contribution in [3.05, 3.63) is 27.3 Å². The topological polar surface area (TPSA) is 32.3 Å². The number of aliphatic hydroxyl groups is 1. The van der Waals surface area contributed by atoms with Crippen LogP contribution in [0.2, 0.25) is 0 Å². The number of hydrogen-bond donors (Lipinski definition) is 2. The molecular formula is C11H16INO. The van der Waals surface area contributed by atoms with Crippen LogP contribution in [0.1, 0.15) is 18.9 Å². The molecule has 2 nitrogen and oxygen atoms in total. The van der Waals surface area contributed by atoms with Crippen molar-refractivity contribution in [2.45, 2.75) is 26.4 Å². The number of hydrogen-bond acceptors (Lipinski definition) is 2. The number of benzene rings is 1. The molecule has 0 radical (unpaired) electrons. The van der Waals surface area contributed by atoms with E-state index in [0.717, 1.165) is 12.1 Å². The second kappa shape index (κ2) is 5.56. The molecule has 0 spiro atoms. The molecule has 1 unspecified atom stereocenters. The highest BCUT2D eigenvalue weighted by Crippen LogP contribution is 2.18. The Hall–Kier alpha value is -0.290. The van der Waals surface area contributed by atoms with E-state index in [1.165, 1.54) is 9.13 Å². The van der Waals surface area contributed by atoms with Gasteiger partial charge in [0.1, 0.15) is 0 Å². The summed E-state index contributed by atoms with van der Waals surface area (Å²) in [6, 6.07) is 6.26. The molecule has 0 amide bonds. The maximum absolute atomic E-state index is 9.42. The first-order valence-corrected chi connectivity index (χ1v) is 5.89. The lowest BCUT2D eigenvalue weighted by Crippen LogP contribution is -2.18. The molecule has 1 atom stereocenters. The molecule has 0 saturated heterocycles. The van der Waals surface area contributed by atoms with Crippen molar-refractivity contribution in [1.82, 2.24) is 0 Å². The van der Waals surface area contributed by atoms with E-state index in [4.69, 9.17) is 0 Å². The average molecular weight is 305 g/mol. The van der Waals surface area contributed by atoms with Gasteiger partial charge in [0, 0.05) is 15.8 Å². The van der Waals surface area contributed by atoms with E-state index in [2.05, 4.69) is 53.0 Å². The molecule has 0 aliphatic heterocycles. The Morgan fingerprint density at radius 2 is 2.21 bits per heavy atom. The molecule has 0 heterocycles. The minimum absolute atomic E-state index is 0.257. The van der Waals surface area contributed by atoms with Gasteiger partial charge in [0.25, 0.3) is 0 Å². The number of anilines is 1. The molecule has 14 heavy (non-hydrogen) atoms. The number of halogens is 1. The largest absolute Gasteiger partial charge is 0.391 e. The van der Waals surface area contributed by atoms with E-state index in [0.29, 0.717) is 6.54 Å². The van der Waals surface area contributed by atoms with E-state index in [1.54, 1.807) is 0 Å². The average Bonchev–Trinajstić information content (AvgIpc) is 2.19. The molecule has 1 aromatic carbocycles. The molecule has 1 rings (SSSR count). The maximum atomic E-state index is 9.42. The normalized spacial score (nSPS) is 12.6. The van der Waals surface area contributed by atoms with Crippen molar-refractivity contribution in [2.75, 3.05) is 11.9 Å². The van der Waals surface area contributed by atoms with E-state index >= 15 is 0 Å². The minimum atomic E-state index is -0.257. The first kappa shape index (κ1) is 11.8. The van der Waals surface area contributed by atoms with Gasteiger partial charge < -0.3 is 10.4 Å². The van der Waals surface area contributed by atoms with E-state index in [1.807, 2.05) is 6.92 Å². The summed E-state index contributed by atoms with van der Waals surface area (Å²) in [5, 5.41) is 12.7. The Balaban J connectivity index is 2.62. The molecule has 0 saturated carbocycles. The summed E-state index contributed by atoms with van der Waals surface area (Å²) in [7, 11) is 0. The second-order valence-corrected chi connectivity index (χ2v) is 4.65. The third-order valence-electron chi connectivity index (χ3n) is 2.20. The third-order valence-corrected chi connectivity index (χ3v) is 2.87. The number of aryl methyl sites for hydroxylation is 1. The molecule has 0 bridgehead atoms. The van der Waals surface area contributed by atoms with Crippen LogP contribution in [0.15, 0.2) is 18.2 Å². The van der Waals surface area contributed by atoms with Crippen LogP contribution in [0, 0.1) is 10.5 Å². The van der Waals surface area contributed by atoms with Gasteiger partial charge in [-0.05, 0) is 53.6 Å². The van der Waals surface area contributed by atoms with Crippen LogP contribution in [-0.4, -0.2) is 17.8 Å². The molecule has 78 valence electrons. The van der Waals surface area contributed by atoms with Gasteiger partial charge in [0.15, 0.2) is 0 Å². The molecule has 0 fully saturated rings. The van der Waals surface area contributed by atoms with Crippen LogP contribution in [0.25, 0.3) is 0 Å². The Labute approximate surface area is 98.9 Å². The van der Waals surface area contributed by atoms with Gasteiger partial charge in [-0.25, -0.2) is 0 Å². The van der Waals surface area contributed by atoms with Crippen LogP contribution in [0.3, 0.4) is 0 Å². The molecule has 2 N–H and O–H groups in total. The van der Waals surface area contributed by atoms with Crippen LogP contribution in [0.5, 0.6) is 0 Å². The second-order valence-electron chi connectivity index (χ2n) is 3.40. The highest BCUT2D eigenvalue weighted by atomic mass is 127. The van der Waals surface area contributed by atoms with Crippen LogP contribution in [0.4, 0.5) is 5.69 Å². The summed E-state index contributed by atoms with van der Waals surface area (Å²) >= 11 is 2.29. The fourth-order valence-corrected chi connectivity index (χ4v) is 1.65. The molecule has 0 aromatic heterocycles. The summed E-state index contributed by atoms with van der Waals surface area (Å²) < 4.78 is 1.21. The first-order valence-electron chi connectivity index (χ1n) is 4.81. The highest BCUT2D eigenvalue weighted by Gasteiger charge is 2.02. The SMILES string of the molecule is CCC(O)CNc1cc(I)ccc1C. The third kappa shape index (κ3) is 3.46. The van der Waals surface area contributed by atoms with Gasteiger partial charge in [-0.3, -0.25) is 0 Å². The maximum Gasteiger partial charge on any atom is 0.0709 e. The fraction of sp³-hybridized carbons (Fsp3) is 0.455. The molecule has 0 aliphatic rings. The van der Waals surface area contributed by atoms with Gasteiger partial charge in [0.2, 0.25) is 0 Å². The lowest BCUT2D eigenvalue weighted by molar-refractivity contribution is 0.183. The lowest BCUT2D eigenvalue weighted by Gasteiger charge is -2.13. The standard InChI is InChI=1S/C11H16INO/c1-3-10(14)7-13-11-6-9(12)5-4-8(11)2/h4-6,10,13-14H,3,7H2,1-2H3. The Kier molecular flexibility index (Phi) is 4.68. The van der Waals surface area contributed by atoms with Crippen LogP contribution < -0.4 is 5.32 Å². The number of aliphatic hydroxyl groups excluding tert-OH is 1. The molecule has 0 aliphatic carbocycles. The number of nitrogens with one attached hydrogen (secondary N) is 1. The van der Waals surface area contributed by atoms with Gasteiger partial charge in [-0.1, -0.05) is 13.0 Å². The Morgan fingerprint density at radius 1 is 1.50 bits per heavy atom. The van der Waals surface area contributed by atoms with Crippen molar-refractivity contribution < 1.29 is 5.11 Å². The zero-order valence-electron chi connectivity index (χ0n) is 8.55. The molecular weight excluding hydrogens is 289 g/mol.